The van der Waals surface area contributed by atoms with Crippen molar-refractivity contribution >= 4 is 21.6 Å². The summed E-state index contributed by atoms with van der Waals surface area (Å²) in [4.78, 5) is 11.8. The van der Waals surface area contributed by atoms with Crippen LogP contribution in [-0.4, -0.2) is 14.3 Å². The number of amides is 1. The maximum Gasteiger partial charge on any atom is 0.227 e. The van der Waals surface area contributed by atoms with Gasteiger partial charge in [-0.1, -0.05) is 42.5 Å². The number of carbonyl (C=O) groups excluding carboxylic acids is 1. The molecule has 1 atom stereocenters. The predicted molar refractivity (Wildman–Crippen MR) is 98.4 cm³/mol. The van der Waals surface area contributed by atoms with Gasteiger partial charge in [-0.05, 0) is 43.0 Å². The highest BCUT2D eigenvalue weighted by atomic mass is 32.2. The van der Waals surface area contributed by atoms with Gasteiger partial charge in [-0.15, -0.1) is 0 Å². The van der Waals surface area contributed by atoms with E-state index in [1.165, 1.54) is 0 Å². The minimum atomic E-state index is -3.43. The van der Waals surface area contributed by atoms with Gasteiger partial charge in [0.1, 0.15) is 0 Å². The highest BCUT2D eigenvalue weighted by molar-refractivity contribution is 7.88. The fourth-order valence-corrected chi connectivity index (χ4v) is 4.01. The van der Waals surface area contributed by atoms with Gasteiger partial charge in [0.25, 0.3) is 0 Å². The van der Waals surface area contributed by atoms with E-state index in [0.717, 1.165) is 29.7 Å². The van der Waals surface area contributed by atoms with Crippen LogP contribution in [0.5, 0.6) is 0 Å². The molecule has 2 aromatic carbocycles. The fraction of sp³-hybridized carbons (Fsp3) is 0.316. The highest BCUT2D eigenvalue weighted by Crippen LogP contribution is 2.30. The molecule has 0 bridgehead atoms. The Morgan fingerprint density at radius 1 is 1.08 bits per heavy atom. The number of benzene rings is 2. The van der Waals surface area contributed by atoms with E-state index in [4.69, 9.17) is 0 Å². The van der Waals surface area contributed by atoms with Gasteiger partial charge in [-0.25, -0.2) is 13.1 Å². The molecule has 5 nitrogen and oxygen atoms in total. The van der Waals surface area contributed by atoms with Crippen molar-refractivity contribution in [3.05, 3.63) is 65.7 Å². The van der Waals surface area contributed by atoms with Crippen molar-refractivity contribution in [1.82, 2.24) is 4.72 Å². The molecule has 0 unspecified atom stereocenters. The summed E-state index contributed by atoms with van der Waals surface area (Å²) in [5, 5.41) is 2.87. The molecule has 1 amide bonds. The average Bonchev–Trinajstić information content (AvgIpc) is 3.40. The summed E-state index contributed by atoms with van der Waals surface area (Å²) < 4.78 is 27.3. The van der Waals surface area contributed by atoms with E-state index in [-0.39, 0.29) is 23.6 Å². The molecule has 1 aliphatic carbocycles. The summed E-state index contributed by atoms with van der Waals surface area (Å²) in [5.74, 6) is 0.168. The molecule has 1 aliphatic rings. The smallest absolute Gasteiger partial charge is 0.227 e. The Balaban J connectivity index is 1.60. The summed E-state index contributed by atoms with van der Waals surface area (Å²) in [6.07, 6.45) is 1.92. The largest absolute Gasteiger partial charge is 0.326 e. The standard InChI is InChI=1S/C19H22N2O3S/c1-14(21-25(23,24)13-15-5-3-2-4-6-15)16-9-11-18(12-10-16)20-19(22)17-7-8-17/h2-6,9-12,14,17,21H,7-8,13H2,1H3,(H,20,22)/t14-/m0/s1. The first-order valence-electron chi connectivity index (χ1n) is 8.38. The van der Waals surface area contributed by atoms with Crippen molar-refractivity contribution < 1.29 is 13.2 Å². The Labute approximate surface area is 148 Å². The molecule has 25 heavy (non-hydrogen) atoms. The van der Waals surface area contributed by atoms with Crippen LogP contribution in [0.25, 0.3) is 0 Å². The van der Waals surface area contributed by atoms with Crippen molar-refractivity contribution in [2.45, 2.75) is 31.6 Å². The van der Waals surface area contributed by atoms with Crippen LogP contribution in [-0.2, 0) is 20.6 Å². The van der Waals surface area contributed by atoms with Crippen LogP contribution in [0.3, 0.4) is 0 Å². The molecule has 0 aromatic heterocycles. The summed E-state index contributed by atoms with van der Waals surface area (Å²) >= 11 is 0. The number of anilines is 1. The molecule has 0 radical (unpaired) electrons. The molecule has 2 N–H and O–H groups in total. The molecule has 0 aliphatic heterocycles. The monoisotopic (exact) mass is 358 g/mol. The third-order valence-electron chi connectivity index (χ3n) is 4.18. The highest BCUT2D eigenvalue weighted by Gasteiger charge is 2.29. The molecule has 1 saturated carbocycles. The van der Waals surface area contributed by atoms with E-state index in [9.17, 15) is 13.2 Å². The maximum absolute atomic E-state index is 12.3. The van der Waals surface area contributed by atoms with Crippen molar-refractivity contribution in [1.29, 1.82) is 0 Å². The van der Waals surface area contributed by atoms with Crippen LogP contribution in [0.15, 0.2) is 54.6 Å². The van der Waals surface area contributed by atoms with E-state index in [0.29, 0.717) is 0 Å². The van der Waals surface area contributed by atoms with Crippen molar-refractivity contribution in [3.8, 4) is 0 Å². The lowest BCUT2D eigenvalue weighted by Crippen LogP contribution is -2.28. The van der Waals surface area contributed by atoms with Crippen molar-refractivity contribution in [3.63, 3.8) is 0 Å². The second-order valence-corrected chi connectivity index (χ2v) is 8.22. The van der Waals surface area contributed by atoms with Gasteiger partial charge in [0.2, 0.25) is 15.9 Å². The summed E-state index contributed by atoms with van der Waals surface area (Å²) in [7, 11) is -3.43. The van der Waals surface area contributed by atoms with Gasteiger partial charge in [-0.3, -0.25) is 4.79 Å². The zero-order chi connectivity index (χ0) is 17.9. The first-order chi connectivity index (χ1) is 11.9. The molecular formula is C19H22N2O3S. The topological polar surface area (TPSA) is 75.3 Å². The quantitative estimate of drug-likeness (QED) is 0.798. The minimum Gasteiger partial charge on any atom is -0.326 e. The second-order valence-electron chi connectivity index (χ2n) is 6.47. The molecule has 0 heterocycles. The normalized spacial score (nSPS) is 15.6. The van der Waals surface area contributed by atoms with Gasteiger partial charge >= 0.3 is 0 Å². The Bertz CT molecular complexity index is 829. The van der Waals surface area contributed by atoms with Gasteiger partial charge in [0.15, 0.2) is 0 Å². The van der Waals surface area contributed by atoms with Gasteiger partial charge in [0.05, 0.1) is 5.75 Å². The lowest BCUT2D eigenvalue weighted by molar-refractivity contribution is -0.117. The van der Waals surface area contributed by atoms with Crippen LogP contribution in [0, 0.1) is 5.92 Å². The Hall–Kier alpha value is -2.18. The van der Waals surface area contributed by atoms with E-state index in [1.54, 1.807) is 31.2 Å². The predicted octanol–water partition coefficient (Wildman–Crippen LogP) is 3.22. The van der Waals surface area contributed by atoms with Gasteiger partial charge < -0.3 is 5.32 Å². The number of nitrogens with one attached hydrogen (secondary N) is 2. The average molecular weight is 358 g/mol. The molecule has 1 fully saturated rings. The summed E-state index contributed by atoms with van der Waals surface area (Å²) in [5.41, 5.74) is 2.33. The number of rotatable bonds is 7. The summed E-state index contributed by atoms with van der Waals surface area (Å²) in [6.45, 7) is 1.81. The van der Waals surface area contributed by atoms with Gasteiger partial charge in [0, 0.05) is 17.6 Å². The third-order valence-corrected chi connectivity index (χ3v) is 5.61. The molecule has 132 valence electrons. The van der Waals surface area contributed by atoms with E-state index in [2.05, 4.69) is 10.0 Å². The van der Waals surface area contributed by atoms with Crippen LogP contribution in [0.1, 0.15) is 36.9 Å². The molecule has 0 saturated heterocycles. The molecule has 2 aromatic rings. The van der Waals surface area contributed by atoms with E-state index in [1.807, 2.05) is 30.3 Å². The Morgan fingerprint density at radius 3 is 2.32 bits per heavy atom. The van der Waals surface area contributed by atoms with Gasteiger partial charge in [-0.2, -0.15) is 0 Å². The second kappa shape index (κ2) is 7.37. The fourth-order valence-electron chi connectivity index (χ4n) is 2.62. The zero-order valence-corrected chi connectivity index (χ0v) is 14.9. The molecule has 3 rings (SSSR count). The zero-order valence-electron chi connectivity index (χ0n) is 14.1. The number of hydrogen-bond donors (Lipinski definition) is 2. The van der Waals surface area contributed by atoms with Crippen molar-refractivity contribution in [2.24, 2.45) is 5.92 Å². The van der Waals surface area contributed by atoms with E-state index < -0.39 is 10.0 Å². The number of hydrogen-bond acceptors (Lipinski definition) is 3. The Kier molecular flexibility index (Phi) is 5.20. The lowest BCUT2D eigenvalue weighted by atomic mass is 10.1. The van der Waals surface area contributed by atoms with Crippen LogP contribution >= 0.6 is 0 Å². The van der Waals surface area contributed by atoms with E-state index >= 15 is 0 Å². The minimum absolute atomic E-state index is 0.0479. The van der Waals surface area contributed by atoms with Crippen molar-refractivity contribution in [2.75, 3.05) is 5.32 Å². The first kappa shape index (κ1) is 17.6. The molecule has 0 spiro atoms. The SMILES string of the molecule is C[C@H](NS(=O)(=O)Cc1ccccc1)c1ccc(NC(=O)C2CC2)cc1. The maximum atomic E-state index is 12.3. The molecular weight excluding hydrogens is 336 g/mol. The molecule has 6 heteroatoms. The number of carbonyl (C=O) groups is 1. The summed E-state index contributed by atoms with van der Waals surface area (Å²) in [6, 6.07) is 16.0. The number of sulfonamides is 1. The van der Waals surface area contributed by atoms with Crippen LogP contribution < -0.4 is 10.0 Å². The lowest BCUT2D eigenvalue weighted by Gasteiger charge is -2.15. The first-order valence-corrected chi connectivity index (χ1v) is 10.0. The van der Waals surface area contributed by atoms with Crippen LogP contribution in [0.4, 0.5) is 5.69 Å². The van der Waals surface area contributed by atoms with Crippen LogP contribution in [0.2, 0.25) is 0 Å². The Morgan fingerprint density at radius 2 is 1.72 bits per heavy atom. The third kappa shape index (κ3) is 5.14.